The Kier molecular flexibility index (Phi) is 2.91. The molecule has 0 atom stereocenters. The Morgan fingerprint density at radius 1 is 0.706 bits per heavy atom. The van der Waals surface area contributed by atoms with Crippen LogP contribution in [0.1, 0.15) is 0 Å². The van der Waals surface area contributed by atoms with E-state index in [1.165, 1.54) is 20.1 Å². The molecule has 82 valence electrons. The fourth-order valence-electron chi connectivity index (χ4n) is 1.72. The molecule has 3 rings (SSSR count). The van der Waals surface area contributed by atoms with E-state index >= 15 is 0 Å². The van der Waals surface area contributed by atoms with Crippen molar-refractivity contribution in [2.24, 2.45) is 0 Å². The molecule has 0 aliphatic rings. The molecule has 0 amide bonds. The van der Waals surface area contributed by atoms with Crippen LogP contribution in [0.15, 0.2) is 66.9 Å². The van der Waals surface area contributed by atoms with E-state index in [1.54, 1.807) is 0 Å². The van der Waals surface area contributed by atoms with E-state index < -0.39 is 0 Å². The zero-order valence-corrected chi connectivity index (χ0v) is 10.9. The van der Waals surface area contributed by atoms with Crippen LogP contribution in [0.3, 0.4) is 0 Å². The van der Waals surface area contributed by atoms with Gasteiger partial charge in [-0.2, -0.15) is 0 Å². The fourth-order valence-corrected chi connectivity index (χ4v) is 3.67. The van der Waals surface area contributed by atoms with Crippen LogP contribution in [0, 0.1) is 0 Å². The first-order valence-electron chi connectivity index (χ1n) is 5.50. The van der Waals surface area contributed by atoms with Gasteiger partial charge in [-0.3, -0.25) is 0 Å². The van der Waals surface area contributed by atoms with E-state index in [9.17, 15) is 0 Å². The van der Waals surface area contributed by atoms with E-state index in [0.717, 1.165) is 0 Å². The van der Waals surface area contributed by atoms with E-state index in [0.29, 0.717) is 14.5 Å². The summed E-state index contributed by atoms with van der Waals surface area (Å²) in [6.07, 6.45) is 2.01. The van der Waals surface area contributed by atoms with Gasteiger partial charge in [0.1, 0.15) is 0 Å². The van der Waals surface area contributed by atoms with Crippen LogP contribution >= 0.6 is 0 Å². The van der Waals surface area contributed by atoms with Gasteiger partial charge < -0.3 is 0 Å². The van der Waals surface area contributed by atoms with Gasteiger partial charge >= 0.3 is 106 Å². The molecule has 0 saturated heterocycles. The molecule has 1 nitrogen and oxygen atoms in total. The van der Waals surface area contributed by atoms with Crippen LogP contribution in [-0.2, 0) is 0 Å². The van der Waals surface area contributed by atoms with Crippen molar-refractivity contribution in [3.63, 3.8) is 0 Å². The molecule has 0 unspecified atom stereocenters. The Labute approximate surface area is 107 Å². The number of rotatable bonds is 2. The maximum absolute atomic E-state index is 4.55. The van der Waals surface area contributed by atoms with Gasteiger partial charge in [-0.05, 0) is 0 Å². The quantitative estimate of drug-likeness (QED) is 0.657. The predicted molar refractivity (Wildman–Crippen MR) is 72.0 cm³/mol. The maximum atomic E-state index is 4.55. The first kappa shape index (κ1) is 10.5. The third-order valence-corrected chi connectivity index (χ3v) is 4.88. The summed E-state index contributed by atoms with van der Waals surface area (Å²) >= 11 is 0.322. The number of aromatic nitrogens is 1. The number of benzene rings is 2. The Balaban J connectivity index is 1.99. The average Bonchev–Trinajstić information content (AvgIpc) is 2.90. The zero-order chi connectivity index (χ0) is 11.5. The second-order valence-corrected chi connectivity index (χ2v) is 5.92. The summed E-state index contributed by atoms with van der Waals surface area (Å²) < 4.78 is 2.58. The minimum absolute atomic E-state index is 0.322. The molecule has 0 spiro atoms. The number of hydrogen-bond donors (Lipinski definition) is 0. The van der Waals surface area contributed by atoms with Gasteiger partial charge in [0.25, 0.3) is 0 Å². The average molecular weight is 284 g/mol. The summed E-state index contributed by atoms with van der Waals surface area (Å²) in [6.45, 7) is 0. The first-order chi connectivity index (χ1) is 8.43. The molecule has 2 aromatic carbocycles. The molecule has 0 radical (unpaired) electrons. The Hall–Kier alpha value is -1.63. The molecular weight excluding hydrogens is 273 g/mol. The SMILES string of the molecule is c1ccc(-c2cnc(-c3ccccc3)[se]2)cc1. The van der Waals surface area contributed by atoms with Crippen molar-refractivity contribution in [1.29, 1.82) is 0 Å². The molecule has 3 aromatic rings. The summed E-state index contributed by atoms with van der Waals surface area (Å²) in [4.78, 5) is 4.55. The minimum atomic E-state index is 0.322. The predicted octanol–water partition coefficient (Wildman–Crippen LogP) is 3.47. The molecule has 17 heavy (non-hydrogen) atoms. The summed E-state index contributed by atoms with van der Waals surface area (Å²) in [5.41, 5.74) is 2.54. The zero-order valence-electron chi connectivity index (χ0n) is 9.21. The Bertz CT molecular complexity index is 545. The summed E-state index contributed by atoms with van der Waals surface area (Å²) in [5, 5.41) is 0. The second kappa shape index (κ2) is 4.70. The molecule has 0 fully saturated rings. The van der Waals surface area contributed by atoms with Crippen molar-refractivity contribution < 1.29 is 0 Å². The van der Waals surface area contributed by atoms with E-state index in [2.05, 4.69) is 53.5 Å². The van der Waals surface area contributed by atoms with Gasteiger partial charge in [0.15, 0.2) is 0 Å². The number of nitrogens with zero attached hydrogens (tertiary/aromatic N) is 1. The topological polar surface area (TPSA) is 12.9 Å². The second-order valence-electron chi connectivity index (χ2n) is 3.76. The van der Waals surface area contributed by atoms with Gasteiger partial charge in [0.05, 0.1) is 0 Å². The van der Waals surface area contributed by atoms with Gasteiger partial charge in [-0.15, -0.1) is 0 Å². The standard InChI is InChI=1S/C15H11NSe/c1-3-7-12(8-4-1)14-11-16-15(17-14)13-9-5-2-6-10-13/h1-11H. The summed E-state index contributed by atoms with van der Waals surface area (Å²) in [7, 11) is 0. The first-order valence-corrected chi connectivity index (χ1v) is 7.21. The molecule has 0 saturated carbocycles. The van der Waals surface area contributed by atoms with Gasteiger partial charge in [-0.1, -0.05) is 0 Å². The summed E-state index contributed by atoms with van der Waals surface area (Å²) in [5.74, 6) is 0. The van der Waals surface area contributed by atoms with Crippen LogP contribution in [0.5, 0.6) is 0 Å². The number of hydrogen-bond acceptors (Lipinski definition) is 1. The molecule has 1 heterocycles. The fraction of sp³-hybridized carbons (Fsp3) is 0. The van der Waals surface area contributed by atoms with Crippen LogP contribution < -0.4 is 0 Å². The van der Waals surface area contributed by atoms with E-state index in [4.69, 9.17) is 0 Å². The summed E-state index contributed by atoms with van der Waals surface area (Å²) in [6, 6.07) is 20.9. The molecule has 2 heteroatoms. The van der Waals surface area contributed by atoms with Crippen molar-refractivity contribution in [3.8, 4) is 20.1 Å². The molecule has 0 aliphatic heterocycles. The van der Waals surface area contributed by atoms with Crippen LogP contribution in [-0.4, -0.2) is 19.5 Å². The van der Waals surface area contributed by atoms with Crippen molar-refractivity contribution in [1.82, 2.24) is 4.98 Å². The van der Waals surface area contributed by atoms with Gasteiger partial charge in [0.2, 0.25) is 0 Å². The van der Waals surface area contributed by atoms with Crippen LogP contribution in [0.4, 0.5) is 0 Å². The molecule has 1 aromatic heterocycles. The monoisotopic (exact) mass is 285 g/mol. The van der Waals surface area contributed by atoms with Crippen molar-refractivity contribution in [2.75, 3.05) is 0 Å². The van der Waals surface area contributed by atoms with Crippen molar-refractivity contribution >= 4 is 14.5 Å². The van der Waals surface area contributed by atoms with Gasteiger partial charge in [-0.25, -0.2) is 0 Å². The van der Waals surface area contributed by atoms with Crippen LogP contribution in [0.2, 0.25) is 0 Å². The van der Waals surface area contributed by atoms with Crippen molar-refractivity contribution in [3.05, 3.63) is 66.9 Å². The Morgan fingerprint density at radius 3 is 1.94 bits per heavy atom. The van der Waals surface area contributed by atoms with Crippen LogP contribution in [0.25, 0.3) is 20.1 Å². The normalized spacial score (nSPS) is 10.4. The molecule has 0 aliphatic carbocycles. The molecule has 0 bridgehead atoms. The van der Waals surface area contributed by atoms with Gasteiger partial charge in [0, 0.05) is 0 Å². The van der Waals surface area contributed by atoms with E-state index in [-0.39, 0.29) is 0 Å². The van der Waals surface area contributed by atoms with Crippen molar-refractivity contribution in [2.45, 2.75) is 0 Å². The Morgan fingerprint density at radius 2 is 1.29 bits per heavy atom. The third-order valence-electron chi connectivity index (χ3n) is 2.58. The molecule has 0 N–H and O–H groups in total. The third kappa shape index (κ3) is 2.23. The van der Waals surface area contributed by atoms with E-state index in [1.807, 2.05) is 18.3 Å². The molecular formula is C15H11NSe.